The van der Waals surface area contributed by atoms with Gasteiger partial charge in [-0.2, -0.15) is 4.39 Å². The van der Waals surface area contributed by atoms with Crippen LogP contribution in [0.3, 0.4) is 0 Å². The number of carbonyl (C=O) groups is 2. The highest BCUT2D eigenvalue weighted by Gasteiger charge is 2.25. The van der Waals surface area contributed by atoms with Gasteiger partial charge in [-0.1, -0.05) is 6.07 Å². The molecule has 3 N–H and O–H groups in total. The molecule has 0 aromatic carbocycles. The second-order valence-electron chi connectivity index (χ2n) is 4.85. The molecule has 1 fully saturated rings. The van der Waals surface area contributed by atoms with Gasteiger partial charge in [-0.15, -0.1) is 0 Å². The van der Waals surface area contributed by atoms with Crippen LogP contribution < -0.4 is 11.1 Å². The Morgan fingerprint density at radius 3 is 3.00 bits per heavy atom. The van der Waals surface area contributed by atoms with Gasteiger partial charge in [0.2, 0.25) is 5.95 Å². The summed E-state index contributed by atoms with van der Waals surface area (Å²) >= 11 is 0. The zero-order chi connectivity index (χ0) is 14.5. The number of aromatic nitrogens is 1. The van der Waals surface area contributed by atoms with E-state index in [2.05, 4.69) is 10.3 Å². The van der Waals surface area contributed by atoms with Crippen LogP contribution in [0, 0.1) is 11.9 Å². The normalized spacial score (nSPS) is 18.6. The highest BCUT2D eigenvalue weighted by Crippen LogP contribution is 2.17. The summed E-state index contributed by atoms with van der Waals surface area (Å²) in [5.74, 6) is -0.790. The first-order valence-electron chi connectivity index (χ1n) is 6.51. The average molecular weight is 280 g/mol. The molecule has 1 unspecified atom stereocenters. The molecule has 1 aromatic heterocycles. The van der Waals surface area contributed by atoms with Crippen molar-refractivity contribution in [1.82, 2.24) is 15.2 Å². The third kappa shape index (κ3) is 3.66. The minimum Gasteiger partial charge on any atom is -0.352 e. The Kier molecular flexibility index (Phi) is 4.49. The number of nitrogens with one attached hydrogen (secondary N) is 1. The Morgan fingerprint density at radius 2 is 2.30 bits per heavy atom. The lowest BCUT2D eigenvalue weighted by Gasteiger charge is -2.32. The van der Waals surface area contributed by atoms with Gasteiger partial charge in [0.05, 0.1) is 0 Å². The van der Waals surface area contributed by atoms with Crippen molar-refractivity contribution in [2.24, 2.45) is 11.7 Å². The van der Waals surface area contributed by atoms with Gasteiger partial charge in [-0.05, 0) is 30.9 Å². The molecule has 0 saturated carbocycles. The highest BCUT2D eigenvalue weighted by molar-refractivity contribution is 5.92. The summed E-state index contributed by atoms with van der Waals surface area (Å²) in [6.45, 7) is 1.57. The lowest BCUT2D eigenvalue weighted by atomic mass is 9.97. The van der Waals surface area contributed by atoms with Crippen LogP contribution in [0.5, 0.6) is 0 Å². The Morgan fingerprint density at radius 1 is 1.50 bits per heavy atom. The number of carbonyl (C=O) groups excluding carboxylic acids is 2. The van der Waals surface area contributed by atoms with Crippen molar-refractivity contribution in [1.29, 1.82) is 0 Å². The first kappa shape index (κ1) is 14.2. The number of hydrogen-bond acceptors (Lipinski definition) is 3. The van der Waals surface area contributed by atoms with E-state index in [1.54, 1.807) is 4.90 Å². The lowest BCUT2D eigenvalue weighted by molar-refractivity contribution is 0.0668. The topological polar surface area (TPSA) is 88.3 Å². The smallest absolute Gasteiger partial charge is 0.312 e. The number of amides is 3. The molecule has 20 heavy (non-hydrogen) atoms. The van der Waals surface area contributed by atoms with Gasteiger partial charge >= 0.3 is 6.03 Å². The Balaban J connectivity index is 1.98. The molecule has 108 valence electrons. The maximum atomic E-state index is 13.0. The van der Waals surface area contributed by atoms with E-state index in [1.165, 1.54) is 18.2 Å². The Hall–Kier alpha value is -2.18. The molecule has 1 aliphatic rings. The second kappa shape index (κ2) is 6.31. The van der Waals surface area contributed by atoms with E-state index in [9.17, 15) is 14.0 Å². The zero-order valence-electron chi connectivity index (χ0n) is 11.0. The molecule has 2 heterocycles. The first-order valence-corrected chi connectivity index (χ1v) is 6.51. The highest BCUT2D eigenvalue weighted by atomic mass is 19.1. The number of rotatable bonds is 3. The van der Waals surface area contributed by atoms with Crippen LogP contribution in [0.4, 0.5) is 9.18 Å². The minimum absolute atomic E-state index is 0.105. The van der Waals surface area contributed by atoms with Crippen molar-refractivity contribution in [3.8, 4) is 0 Å². The number of primary amides is 1. The molecule has 0 spiro atoms. The van der Waals surface area contributed by atoms with Crippen LogP contribution in [-0.4, -0.2) is 41.5 Å². The molecule has 1 saturated heterocycles. The van der Waals surface area contributed by atoms with E-state index < -0.39 is 12.0 Å². The summed E-state index contributed by atoms with van der Waals surface area (Å²) in [4.78, 5) is 28.2. The zero-order valence-corrected chi connectivity index (χ0v) is 11.0. The maximum absolute atomic E-state index is 13.0. The molecule has 1 aromatic rings. The molecule has 2 rings (SSSR count). The SMILES string of the molecule is NC(=O)NCC1CCCN(C(=O)c2cccc(F)n2)C1. The number of urea groups is 1. The second-order valence-corrected chi connectivity index (χ2v) is 4.85. The fourth-order valence-corrected chi connectivity index (χ4v) is 2.35. The van der Waals surface area contributed by atoms with Crippen LogP contribution in [0.15, 0.2) is 18.2 Å². The molecular formula is C13H17FN4O2. The van der Waals surface area contributed by atoms with E-state index in [4.69, 9.17) is 5.73 Å². The summed E-state index contributed by atoms with van der Waals surface area (Å²) in [7, 11) is 0. The van der Waals surface area contributed by atoms with E-state index in [-0.39, 0.29) is 17.5 Å². The van der Waals surface area contributed by atoms with Gasteiger partial charge in [0.25, 0.3) is 5.91 Å². The van der Waals surface area contributed by atoms with Gasteiger partial charge in [0.15, 0.2) is 0 Å². The number of hydrogen-bond donors (Lipinski definition) is 2. The van der Waals surface area contributed by atoms with Gasteiger partial charge in [0, 0.05) is 19.6 Å². The van der Waals surface area contributed by atoms with Crippen LogP contribution in [-0.2, 0) is 0 Å². The number of likely N-dealkylation sites (tertiary alicyclic amines) is 1. The minimum atomic E-state index is -0.667. The molecular weight excluding hydrogens is 263 g/mol. The molecule has 6 nitrogen and oxygen atoms in total. The van der Waals surface area contributed by atoms with Crippen molar-refractivity contribution in [2.45, 2.75) is 12.8 Å². The largest absolute Gasteiger partial charge is 0.352 e. The van der Waals surface area contributed by atoms with Gasteiger partial charge in [0.1, 0.15) is 5.69 Å². The summed E-state index contributed by atoms with van der Waals surface area (Å²) < 4.78 is 13.0. The maximum Gasteiger partial charge on any atom is 0.312 e. The predicted molar refractivity (Wildman–Crippen MR) is 70.4 cm³/mol. The van der Waals surface area contributed by atoms with Crippen molar-refractivity contribution in [2.75, 3.05) is 19.6 Å². The van der Waals surface area contributed by atoms with Gasteiger partial charge in [-0.25, -0.2) is 9.78 Å². The fourth-order valence-electron chi connectivity index (χ4n) is 2.35. The summed E-state index contributed by atoms with van der Waals surface area (Å²) in [5.41, 5.74) is 5.13. The quantitative estimate of drug-likeness (QED) is 0.800. The predicted octanol–water partition coefficient (Wildman–Crippen LogP) is 0.741. The van der Waals surface area contributed by atoms with E-state index in [0.717, 1.165) is 12.8 Å². The van der Waals surface area contributed by atoms with Gasteiger partial charge < -0.3 is 16.0 Å². The fraction of sp³-hybridized carbons (Fsp3) is 0.462. The van der Waals surface area contributed by atoms with Crippen LogP contribution >= 0.6 is 0 Å². The van der Waals surface area contributed by atoms with Crippen LogP contribution in [0.25, 0.3) is 0 Å². The average Bonchev–Trinajstić information content (AvgIpc) is 2.44. The summed E-state index contributed by atoms with van der Waals surface area (Å²) in [6.07, 6.45) is 1.76. The summed E-state index contributed by atoms with van der Waals surface area (Å²) in [5, 5.41) is 2.55. The van der Waals surface area contributed by atoms with E-state index >= 15 is 0 Å². The first-order chi connectivity index (χ1) is 9.56. The Bertz CT molecular complexity index is 509. The number of halogens is 1. The lowest BCUT2D eigenvalue weighted by Crippen LogP contribution is -2.44. The molecule has 1 atom stereocenters. The van der Waals surface area contributed by atoms with Crippen molar-refractivity contribution in [3.05, 3.63) is 29.8 Å². The van der Waals surface area contributed by atoms with E-state index in [0.29, 0.717) is 19.6 Å². The monoisotopic (exact) mass is 280 g/mol. The molecule has 3 amide bonds. The summed E-state index contributed by atoms with van der Waals surface area (Å²) in [6, 6.07) is 3.59. The third-order valence-electron chi connectivity index (χ3n) is 3.31. The van der Waals surface area contributed by atoms with Crippen LogP contribution in [0.1, 0.15) is 23.3 Å². The molecule has 0 bridgehead atoms. The van der Waals surface area contributed by atoms with Crippen LogP contribution in [0.2, 0.25) is 0 Å². The van der Waals surface area contributed by atoms with Crippen molar-refractivity contribution in [3.63, 3.8) is 0 Å². The van der Waals surface area contributed by atoms with E-state index in [1.807, 2.05) is 0 Å². The van der Waals surface area contributed by atoms with Gasteiger partial charge in [-0.3, -0.25) is 4.79 Å². The number of pyridine rings is 1. The van der Waals surface area contributed by atoms with Crippen molar-refractivity contribution < 1.29 is 14.0 Å². The Labute approximate surface area is 116 Å². The standard InChI is InChI=1S/C13H17FN4O2/c14-11-5-1-4-10(17-11)12(19)18-6-2-3-9(8-18)7-16-13(15)20/h1,4-5,9H,2-3,6-8H2,(H3,15,16,20). The molecule has 7 heteroatoms. The number of piperidine rings is 1. The third-order valence-corrected chi connectivity index (χ3v) is 3.31. The van der Waals surface area contributed by atoms with Crippen molar-refractivity contribution >= 4 is 11.9 Å². The molecule has 1 aliphatic heterocycles. The molecule has 0 aliphatic carbocycles. The molecule has 0 radical (unpaired) electrons. The number of nitrogens with zero attached hydrogens (tertiary/aromatic N) is 2. The number of nitrogens with two attached hydrogens (primary N) is 1.